The number of nitrogens with zero attached hydrogens (tertiary/aromatic N) is 1. The molecule has 2 atom stereocenters. The van der Waals surface area contributed by atoms with E-state index < -0.39 is 0 Å². The van der Waals surface area contributed by atoms with Crippen molar-refractivity contribution in [2.24, 2.45) is 16.8 Å². The van der Waals surface area contributed by atoms with Gasteiger partial charge in [0.1, 0.15) is 5.84 Å². The summed E-state index contributed by atoms with van der Waals surface area (Å²) in [7, 11) is 0. The summed E-state index contributed by atoms with van der Waals surface area (Å²) in [4.78, 5) is 11.7. The standard InChI is InChI=1S/C12H23N3O3/c1-2-18-8-4-7-11(16)14-10-6-3-5-9(10)12(13)15-17/h9-10,17H,2-8H2,1H3,(H2,13,15)(H,14,16). The fourth-order valence-electron chi connectivity index (χ4n) is 2.32. The lowest BCUT2D eigenvalue weighted by molar-refractivity contribution is -0.122. The van der Waals surface area contributed by atoms with Gasteiger partial charge in [0.25, 0.3) is 0 Å². The van der Waals surface area contributed by atoms with Crippen molar-refractivity contribution >= 4 is 11.7 Å². The molecule has 4 N–H and O–H groups in total. The molecule has 0 aromatic heterocycles. The largest absolute Gasteiger partial charge is 0.409 e. The summed E-state index contributed by atoms with van der Waals surface area (Å²) in [5.41, 5.74) is 5.61. The van der Waals surface area contributed by atoms with E-state index in [2.05, 4.69) is 10.5 Å². The van der Waals surface area contributed by atoms with E-state index in [1.807, 2.05) is 6.92 Å². The molecule has 1 aliphatic carbocycles. The van der Waals surface area contributed by atoms with Gasteiger partial charge in [-0.2, -0.15) is 0 Å². The van der Waals surface area contributed by atoms with Crippen molar-refractivity contribution < 1.29 is 14.7 Å². The Labute approximate surface area is 108 Å². The Kier molecular flexibility index (Phi) is 6.49. The molecular weight excluding hydrogens is 234 g/mol. The first-order valence-corrected chi connectivity index (χ1v) is 6.53. The molecule has 18 heavy (non-hydrogen) atoms. The number of rotatable bonds is 7. The Morgan fingerprint density at radius 1 is 1.56 bits per heavy atom. The number of oxime groups is 1. The van der Waals surface area contributed by atoms with Gasteiger partial charge in [0, 0.05) is 31.6 Å². The number of hydrogen-bond donors (Lipinski definition) is 3. The third kappa shape index (κ3) is 4.52. The lowest BCUT2D eigenvalue weighted by atomic mass is 10.0. The van der Waals surface area contributed by atoms with Gasteiger partial charge in [0.15, 0.2) is 0 Å². The van der Waals surface area contributed by atoms with Crippen molar-refractivity contribution in [2.45, 2.75) is 45.1 Å². The van der Waals surface area contributed by atoms with Crippen LogP contribution in [0.1, 0.15) is 39.0 Å². The Bertz CT molecular complexity index is 294. The molecule has 0 bridgehead atoms. The number of amides is 1. The number of carbonyl (C=O) groups excluding carboxylic acids is 1. The van der Waals surface area contributed by atoms with Crippen LogP contribution in [-0.4, -0.2) is 36.2 Å². The molecule has 0 radical (unpaired) electrons. The molecule has 0 saturated heterocycles. The molecule has 0 aliphatic heterocycles. The third-order valence-corrected chi connectivity index (χ3v) is 3.25. The second kappa shape index (κ2) is 7.92. The summed E-state index contributed by atoms with van der Waals surface area (Å²) in [6.45, 7) is 3.22. The SMILES string of the molecule is CCOCCCC(=O)NC1CCCC1C(N)=NO. The minimum Gasteiger partial charge on any atom is -0.409 e. The monoisotopic (exact) mass is 257 g/mol. The number of hydrogen-bond acceptors (Lipinski definition) is 4. The van der Waals surface area contributed by atoms with Crippen molar-refractivity contribution in [2.75, 3.05) is 13.2 Å². The van der Waals surface area contributed by atoms with Crippen LogP contribution in [0, 0.1) is 5.92 Å². The Balaban J connectivity index is 2.30. The van der Waals surface area contributed by atoms with Gasteiger partial charge in [0.05, 0.1) is 0 Å². The van der Waals surface area contributed by atoms with Crippen LogP contribution in [0.3, 0.4) is 0 Å². The quantitative estimate of drug-likeness (QED) is 0.207. The van der Waals surface area contributed by atoms with Gasteiger partial charge >= 0.3 is 0 Å². The van der Waals surface area contributed by atoms with Gasteiger partial charge in [-0.3, -0.25) is 4.79 Å². The summed E-state index contributed by atoms with van der Waals surface area (Å²) in [5, 5.41) is 14.7. The lowest BCUT2D eigenvalue weighted by Gasteiger charge is -2.19. The lowest BCUT2D eigenvalue weighted by Crippen LogP contribution is -2.42. The summed E-state index contributed by atoms with van der Waals surface area (Å²) >= 11 is 0. The predicted molar refractivity (Wildman–Crippen MR) is 68.4 cm³/mol. The van der Waals surface area contributed by atoms with Crippen molar-refractivity contribution in [1.82, 2.24) is 5.32 Å². The molecule has 1 saturated carbocycles. The van der Waals surface area contributed by atoms with Crippen molar-refractivity contribution in [3.8, 4) is 0 Å². The molecule has 0 heterocycles. The zero-order chi connectivity index (χ0) is 13.4. The molecular formula is C12H23N3O3. The molecule has 0 aromatic carbocycles. The number of nitrogens with one attached hydrogen (secondary N) is 1. The molecule has 1 fully saturated rings. The zero-order valence-electron chi connectivity index (χ0n) is 10.9. The number of carbonyl (C=O) groups is 1. The van der Waals surface area contributed by atoms with E-state index in [9.17, 15) is 4.79 Å². The average molecular weight is 257 g/mol. The maximum atomic E-state index is 11.7. The maximum Gasteiger partial charge on any atom is 0.220 e. The highest BCUT2D eigenvalue weighted by atomic mass is 16.5. The molecule has 0 spiro atoms. The fraction of sp³-hybridized carbons (Fsp3) is 0.833. The molecule has 6 heteroatoms. The van der Waals surface area contributed by atoms with Crippen molar-refractivity contribution in [1.29, 1.82) is 0 Å². The van der Waals surface area contributed by atoms with Crippen LogP contribution in [-0.2, 0) is 9.53 Å². The molecule has 6 nitrogen and oxygen atoms in total. The van der Waals surface area contributed by atoms with E-state index >= 15 is 0 Å². The smallest absolute Gasteiger partial charge is 0.220 e. The van der Waals surface area contributed by atoms with E-state index in [0.717, 1.165) is 25.7 Å². The van der Waals surface area contributed by atoms with Gasteiger partial charge in [-0.15, -0.1) is 0 Å². The number of amidine groups is 1. The first-order valence-electron chi connectivity index (χ1n) is 6.53. The van der Waals surface area contributed by atoms with Gasteiger partial charge in [0.2, 0.25) is 5.91 Å². The van der Waals surface area contributed by atoms with Crippen LogP contribution >= 0.6 is 0 Å². The molecule has 0 aromatic rings. The average Bonchev–Trinajstić information content (AvgIpc) is 2.82. The number of nitrogens with two attached hydrogens (primary N) is 1. The van der Waals surface area contributed by atoms with Gasteiger partial charge in [-0.25, -0.2) is 0 Å². The van der Waals surface area contributed by atoms with Crippen LogP contribution in [0.25, 0.3) is 0 Å². The van der Waals surface area contributed by atoms with E-state index in [1.54, 1.807) is 0 Å². The van der Waals surface area contributed by atoms with Crippen LogP contribution < -0.4 is 11.1 Å². The second-order valence-corrected chi connectivity index (χ2v) is 4.54. The van der Waals surface area contributed by atoms with Crippen LogP contribution in [0.4, 0.5) is 0 Å². The molecule has 104 valence electrons. The Morgan fingerprint density at radius 2 is 2.33 bits per heavy atom. The summed E-state index contributed by atoms with van der Waals surface area (Å²) in [6.07, 6.45) is 3.92. The fourth-order valence-corrected chi connectivity index (χ4v) is 2.32. The predicted octanol–water partition coefficient (Wildman–Crippen LogP) is 0.834. The summed E-state index contributed by atoms with van der Waals surface area (Å²) in [6, 6.07) is 0.000457. The van der Waals surface area contributed by atoms with E-state index in [0.29, 0.717) is 19.6 Å². The van der Waals surface area contributed by atoms with Crippen LogP contribution in [0.2, 0.25) is 0 Å². The molecule has 2 unspecified atom stereocenters. The van der Waals surface area contributed by atoms with Gasteiger partial charge in [-0.05, 0) is 26.2 Å². The normalized spacial score (nSPS) is 24.2. The van der Waals surface area contributed by atoms with E-state index in [1.165, 1.54) is 0 Å². The first kappa shape index (κ1) is 14.8. The second-order valence-electron chi connectivity index (χ2n) is 4.54. The minimum absolute atomic E-state index is 0.000457. The highest BCUT2D eigenvalue weighted by molar-refractivity contribution is 5.84. The first-order chi connectivity index (χ1) is 8.69. The topological polar surface area (TPSA) is 96.9 Å². The van der Waals surface area contributed by atoms with Crippen molar-refractivity contribution in [3.05, 3.63) is 0 Å². The number of ether oxygens (including phenoxy) is 1. The molecule has 1 amide bonds. The maximum absolute atomic E-state index is 11.7. The summed E-state index contributed by atoms with van der Waals surface area (Å²) in [5.74, 6) is 0.190. The highest BCUT2D eigenvalue weighted by Gasteiger charge is 2.31. The highest BCUT2D eigenvalue weighted by Crippen LogP contribution is 2.25. The van der Waals surface area contributed by atoms with Crippen LogP contribution in [0.5, 0.6) is 0 Å². The third-order valence-electron chi connectivity index (χ3n) is 3.25. The van der Waals surface area contributed by atoms with Gasteiger partial charge in [-0.1, -0.05) is 11.6 Å². The van der Waals surface area contributed by atoms with E-state index in [-0.39, 0.29) is 23.7 Å². The zero-order valence-corrected chi connectivity index (χ0v) is 10.9. The molecule has 1 rings (SSSR count). The van der Waals surface area contributed by atoms with Crippen LogP contribution in [0.15, 0.2) is 5.16 Å². The minimum atomic E-state index is -0.0363. The molecule has 1 aliphatic rings. The summed E-state index contributed by atoms with van der Waals surface area (Å²) < 4.78 is 5.18. The van der Waals surface area contributed by atoms with E-state index in [4.69, 9.17) is 15.7 Å². The van der Waals surface area contributed by atoms with Gasteiger partial charge < -0.3 is 21.0 Å². The van der Waals surface area contributed by atoms with Crippen molar-refractivity contribution in [3.63, 3.8) is 0 Å². The Morgan fingerprint density at radius 3 is 3.00 bits per heavy atom. The Hall–Kier alpha value is -1.30.